The molecule has 0 spiro atoms. The summed E-state index contributed by atoms with van der Waals surface area (Å²) in [5.74, 6) is 1.61. The lowest BCUT2D eigenvalue weighted by atomic mass is 10.1. The first-order valence-corrected chi connectivity index (χ1v) is 7.79. The lowest BCUT2D eigenvalue weighted by Gasteiger charge is -2.01. The van der Waals surface area contributed by atoms with Crippen molar-refractivity contribution in [2.24, 2.45) is 0 Å². The Hall–Kier alpha value is -1.95. The number of benzene rings is 1. The Labute approximate surface area is 119 Å². The van der Waals surface area contributed by atoms with E-state index in [0.29, 0.717) is 5.92 Å². The summed E-state index contributed by atoms with van der Waals surface area (Å²) in [4.78, 5) is 0.903. The van der Waals surface area contributed by atoms with Crippen molar-refractivity contribution < 1.29 is 0 Å². The molecule has 1 N–H and O–H groups in total. The zero-order valence-electron chi connectivity index (χ0n) is 10.8. The van der Waals surface area contributed by atoms with Crippen molar-refractivity contribution in [3.05, 3.63) is 29.6 Å². The average molecular weight is 283 g/mol. The molecule has 1 aliphatic heterocycles. The Balaban J connectivity index is 1.63. The van der Waals surface area contributed by atoms with Crippen LogP contribution in [0.15, 0.2) is 18.2 Å². The third kappa shape index (κ3) is 1.51. The molecule has 5 rings (SSSR count). The van der Waals surface area contributed by atoms with Crippen LogP contribution >= 0.6 is 11.3 Å². The molecule has 100 valence electrons. The smallest absolute Gasteiger partial charge is 0.234 e. The molecule has 20 heavy (non-hydrogen) atoms. The Bertz CT molecular complexity index is 814. The lowest BCUT2D eigenvalue weighted by molar-refractivity contribution is 0.828. The van der Waals surface area contributed by atoms with Gasteiger partial charge in [0, 0.05) is 23.7 Å². The number of nitrogens with zero attached hydrogens (tertiary/aromatic N) is 4. The maximum Gasteiger partial charge on any atom is 0.234 e. The van der Waals surface area contributed by atoms with Crippen LogP contribution in [-0.2, 0) is 6.42 Å². The number of fused-ring (bicyclic) bond motifs is 2. The number of nitrogens with one attached hydrogen (secondary N) is 1. The summed E-state index contributed by atoms with van der Waals surface area (Å²) in [6.07, 6.45) is 3.54. The summed E-state index contributed by atoms with van der Waals surface area (Å²) in [5, 5.41) is 17.7. The van der Waals surface area contributed by atoms with Crippen molar-refractivity contribution in [1.29, 1.82) is 0 Å². The van der Waals surface area contributed by atoms with Crippen LogP contribution in [0.3, 0.4) is 0 Å². The molecule has 1 fully saturated rings. The molecule has 1 aliphatic carbocycles. The summed E-state index contributed by atoms with van der Waals surface area (Å²) in [5.41, 5.74) is 3.83. The normalized spacial score (nSPS) is 17.4. The molecule has 1 saturated carbocycles. The van der Waals surface area contributed by atoms with E-state index in [1.165, 1.54) is 29.7 Å². The Morgan fingerprint density at radius 1 is 1.25 bits per heavy atom. The van der Waals surface area contributed by atoms with Gasteiger partial charge in [-0.1, -0.05) is 11.3 Å². The second-order valence-electron chi connectivity index (χ2n) is 5.48. The van der Waals surface area contributed by atoms with E-state index in [-0.39, 0.29) is 0 Å². The minimum atomic E-state index is 0.573. The van der Waals surface area contributed by atoms with Crippen LogP contribution in [-0.4, -0.2) is 26.4 Å². The molecule has 0 unspecified atom stereocenters. The van der Waals surface area contributed by atoms with Gasteiger partial charge < -0.3 is 5.32 Å². The van der Waals surface area contributed by atoms with Crippen LogP contribution in [0.5, 0.6) is 0 Å². The van der Waals surface area contributed by atoms with Gasteiger partial charge in [0.25, 0.3) is 0 Å². The molecule has 5 nitrogen and oxygen atoms in total. The Morgan fingerprint density at radius 3 is 3.10 bits per heavy atom. The highest BCUT2D eigenvalue weighted by atomic mass is 32.1. The summed E-state index contributed by atoms with van der Waals surface area (Å²) >= 11 is 1.62. The van der Waals surface area contributed by atoms with E-state index >= 15 is 0 Å². The number of rotatable bonds is 2. The van der Waals surface area contributed by atoms with Crippen molar-refractivity contribution in [3.63, 3.8) is 0 Å². The van der Waals surface area contributed by atoms with E-state index < -0.39 is 0 Å². The van der Waals surface area contributed by atoms with Gasteiger partial charge in [-0.15, -0.1) is 10.2 Å². The Kier molecular flexibility index (Phi) is 2.04. The molecular formula is C14H13N5S. The maximum atomic E-state index is 4.72. The second kappa shape index (κ2) is 3.79. The molecule has 0 saturated heterocycles. The van der Waals surface area contributed by atoms with E-state index in [0.717, 1.165) is 28.8 Å². The molecule has 3 heterocycles. The van der Waals surface area contributed by atoms with E-state index in [1.807, 2.05) is 4.52 Å². The van der Waals surface area contributed by atoms with Crippen molar-refractivity contribution >= 4 is 22.0 Å². The summed E-state index contributed by atoms with van der Waals surface area (Å²) in [6, 6.07) is 6.54. The van der Waals surface area contributed by atoms with Crippen LogP contribution in [0.2, 0.25) is 0 Å². The third-order valence-electron chi connectivity index (χ3n) is 4.02. The van der Waals surface area contributed by atoms with E-state index in [2.05, 4.69) is 33.7 Å². The third-order valence-corrected chi connectivity index (χ3v) is 4.97. The quantitative estimate of drug-likeness (QED) is 0.785. The molecule has 0 atom stereocenters. The van der Waals surface area contributed by atoms with E-state index in [1.54, 1.807) is 11.3 Å². The largest absolute Gasteiger partial charge is 0.384 e. The van der Waals surface area contributed by atoms with E-state index in [4.69, 9.17) is 5.10 Å². The molecule has 2 aliphatic rings. The fourth-order valence-corrected chi connectivity index (χ4v) is 3.63. The minimum Gasteiger partial charge on any atom is -0.384 e. The second-order valence-corrected chi connectivity index (χ2v) is 6.44. The predicted molar refractivity (Wildman–Crippen MR) is 78.3 cm³/mol. The van der Waals surface area contributed by atoms with Crippen molar-refractivity contribution in [2.45, 2.75) is 25.2 Å². The highest BCUT2D eigenvalue weighted by Crippen LogP contribution is 2.40. The van der Waals surface area contributed by atoms with Gasteiger partial charge in [0.2, 0.25) is 4.96 Å². The zero-order chi connectivity index (χ0) is 13.1. The van der Waals surface area contributed by atoms with Crippen LogP contribution in [0.25, 0.3) is 15.5 Å². The van der Waals surface area contributed by atoms with Gasteiger partial charge in [-0.25, -0.2) is 0 Å². The molecule has 3 aromatic rings. The van der Waals surface area contributed by atoms with Crippen molar-refractivity contribution in [2.75, 3.05) is 11.9 Å². The molecule has 0 amide bonds. The van der Waals surface area contributed by atoms with Crippen LogP contribution in [0.1, 0.15) is 30.1 Å². The minimum absolute atomic E-state index is 0.573. The first-order chi connectivity index (χ1) is 9.88. The van der Waals surface area contributed by atoms with Crippen LogP contribution in [0, 0.1) is 0 Å². The maximum absolute atomic E-state index is 4.72. The number of anilines is 1. The average Bonchev–Trinajstić information content (AvgIpc) is 2.89. The fourth-order valence-electron chi connectivity index (χ4n) is 2.78. The summed E-state index contributed by atoms with van der Waals surface area (Å²) in [6.45, 7) is 1.04. The van der Waals surface area contributed by atoms with Gasteiger partial charge in [-0.3, -0.25) is 0 Å². The first kappa shape index (κ1) is 10.8. The highest BCUT2D eigenvalue weighted by Gasteiger charge is 2.30. The standard InChI is InChI=1S/C14H13N5S/c1-2-8(1)12-16-17-14-19(12)18-13(20-14)10-3-4-11-9(7-10)5-6-15-11/h3-4,7-8,15H,1-2,5-6H2. The van der Waals surface area contributed by atoms with Gasteiger partial charge in [0.1, 0.15) is 5.01 Å². The first-order valence-electron chi connectivity index (χ1n) is 6.98. The van der Waals surface area contributed by atoms with Crippen LogP contribution in [0.4, 0.5) is 5.69 Å². The molecule has 0 radical (unpaired) electrons. The molecular weight excluding hydrogens is 270 g/mol. The SMILES string of the molecule is c1cc2c(cc1-c1nn3c(C4CC4)nnc3s1)CCN2. The summed E-state index contributed by atoms with van der Waals surface area (Å²) < 4.78 is 1.93. The van der Waals surface area contributed by atoms with Gasteiger partial charge in [-0.05, 0) is 43.0 Å². The molecule has 6 heteroatoms. The zero-order valence-corrected chi connectivity index (χ0v) is 11.7. The predicted octanol–water partition coefficient (Wildman–Crippen LogP) is 2.70. The molecule has 1 aromatic carbocycles. The van der Waals surface area contributed by atoms with Crippen LogP contribution < -0.4 is 5.32 Å². The number of aromatic nitrogens is 4. The van der Waals surface area contributed by atoms with Gasteiger partial charge in [0.05, 0.1) is 0 Å². The lowest BCUT2D eigenvalue weighted by Crippen LogP contribution is -1.93. The molecule has 0 bridgehead atoms. The summed E-state index contributed by atoms with van der Waals surface area (Å²) in [7, 11) is 0. The topological polar surface area (TPSA) is 55.1 Å². The van der Waals surface area contributed by atoms with E-state index in [9.17, 15) is 0 Å². The highest BCUT2D eigenvalue weighted by molar-refractivity contribution is 7.19. The van der Waals surface area contributed by atoms with Crippen molar-refractivity contribution in [3.8, 4) is 10.6 Å². The number of hydrogen-bond acceptors (Lipinski definition) is 5. The van der Waals surface area contributed by atoms with Gasteiger partial charge >= 0.3 is 0 Å². The Morgan fingerprint density at radius 2 is 2.20 bits per heavy atom. The fraction of sp³-hybridized carbons (Fsp3) is 0.357. The number of hydrogen-bond donors (Lipinski definition) is 1. The monoisotopic (exact) mass is 283 g/mol. The van der Waals surface area contributed by atoms with Gasteiger partial charge in [0.15, 0.2) is 5.82 Å². The van der Waals surface area contributed by atoms with Gasteiger partial charge in [-0.2, -0.15) is 9.61 Å². The van der Waals surface area contributed by atoms with Crippen molar-refractivity contribution in [1.82, 2.24) is 19.8 Å². The molecule has 2 aromatic heterocycles.